The third kappa shape index (κ3) is 4.25. The fraction of sp³-hybridized carbons (Fsp3) is 0.240. The summed E-state index contributed by atoms with van der Waals surface area (Å²) in [6.07, 6.45) is 0.943. The first-order valence-electron chi connectivity index (χ1n) is 10.1. The molecule has 3 aromatic rings. The van der Waals surface area contributed by atoms with Crippen LogP contribution in [0.25, 0.3) is 0 Å². The third-order valence-electron chi connectivity index (χ3n) is 5.37. The predicted molar refractivity (Wildman–Crippen MR) is 122 cm³/mol. The maximum Gasteiger partial charge on any atom is 0.206 e. The molecule has 0 aliphatic carbocycles. The lowest BCUT2D eigenvalue weighted by Crippen LogP contribution is -2.36. The lowest BCUT2D eigenvalue weighted by Gasteiger charge is -2.26. The summed E-state index contributed by atoms with van der Waals surface area (Å²) in [5.41, 5.74) is 3.32. The summed E-state index contributed by atoms with van der Waals surface area (Å²) < 4.78 is 10.6. The number of ether oxygens (including phenoxy) is 2. The van der Waals surface area contributed by atoms with Crippen molar-refractivity contribution in [2.24, 2.45) is 4.99 Å². The third-order valence-corrected chi connectivity index (χ3v) is 5.37. The second kappa shape index (κ2) is 8.91. The molecule has 5 nitrogen and oxygen atoms in total. The predicted octanol–water partition coefficient (Wildman–Crippen LogP) is 4.75. The molecule has 4 rings (SSSR count). The summed E-state index contributed by atoms with van der Waals surface area (Å²) in [5.74, 6) is 2.61. The van der Waals surface area contributed by atoms with Gasteiger partial charge in [0.25, 0.3) is 0 Å². The summed E-state index contributed by atoms with van der Waals surface area (Å²) in [6, 6.07) is 26.9. The largest absolute Gasteiger partial charge is 0.497 e. The zero-order chi connectivity index (χ0) is 20.9. The van der Waals surface area contributed by atoms with Crippen LogP contribution in [0.2, 0.25) is 0 Å². The standard InChI is InChI=1S/C25H27N3O2/c1-27-18-22(17-19-7-5-4-6-8-19)28(21-11-15-24(30-3)16-12-21)25(27)26-20-9-13-23(29-2)14-10-20/h4-16,22H,17-18H2,1-3H3. The molecule has 1 fully saturated rings. The highest BCUT2D eigenvalue weighted by molar-refractivity contribution is 6.00. The van der Waals surface area contributed by atoms with E-state index in [1.54, 1.807) is 14.2 Å². The van der Waals surface area contributed by atoms with Gasteiger partial charge < -0.3 is 19.3 Å². The van der Waals surface area contributed by atoms with E-state index in [2.05, 4.69) is 59.3 Å². The Bertz CT molecular complexity index is 985. The SMILES string of the molecule is COc1ccc(N=C2N(C)CC(Cc3ccccc3)N2c2ccc(OC)cc2)cc1. The first kappa shape index (κ1) is 19.8. The van der Waals surface area contributed by atoms with Crippen LogP contribution in [0.5, 0.6) is 11.5 Å². The van der Waals surface area contributed by atoms with E-state index < -0.39 is 0 Å². The van der Waals surface area contributed by atoms with Gasteiger partial charge in [-0.25, -0.2) is 4.99 Å². The summed E-state index contributed by atoms with van der Waals surface area (Å²) in [6.45, 7) is 0.899. The van der Waals surface area contributed by atoms with Crippen molar-refractivity contribution in [2.75, 3.05) is 32.7 Å². The van der Waals surface area contributed by atoms with Crippen LogP contribution < -0.4 is 14.4 Å². The molecule has 154 valence electrons. The van der Waals surface area contributed by atoms with E-state index in [-0.39, 0.29) is 6.04 Å². The second-order valence-corrected chi connectivity index (χ2v) is 7.40. The van der Waals surface area contributed by atoms with Crippen molar-refractivity contribution in [3.8, 4) is 11.5 Å². The topological polar surface area (TPSA) is 37.3 Å². The molecular weight excluding hydrogens is 374 g/mol. The van der Waals surface area contributed by atoms with Crippen molar-refractivity contribution in [3.63, 3.8) is 0 Å². The zero-order valence-corrected chi connectivity index (χ0v) is 17.7. The van der Waals surface area contributed by atoms with Gasteiger partial charge in [-0.1, -0.05) is 30.3 Å². The summed E-state index contributed by atoms with van der Waals surface area (Å²) in [4.78, 5) is 9.54. The smallest absolute Gasteiger partial charge is 0.206 e. The van der Waals surface area contributed by atoms with Gasteiger partial charge in [0.1, 0.15) is 11.5 Å². The van der Waals surface area contributed by atoms with Crippen molar-refractivity contribution in [1.82, 2.24) is 4.90 Å². The number of anilines is 1. The number of hydrogen-bond donors (Lipinski definition) is 0. The average Bonchev–Trinajstić information content (AvgIpc) is 3.09. The van der Waals surface area contributed by atoms with Crippen molar-refractivity contribution in [1.29, 1.82) is 0 Å². The van der Waals surface area contributed by atoms with Gasteiger partial charge >= 0.3 is 0 Å². The van der Waals surface area contributed by atoms with Gasteiger partial charge in [0.15, 0.2) is 0 Å². The molecule has 0 spiro atoms. The van der Waals surface area contributed by atoms with Crippen LogP contribution >= 0.6 is 0 Å². The highest BCUT2D eigenvalue weighted by Crippen LogP contribution is 2.30. The zero-order valence-electron chi connectivity index (χ0n) is 17.7. The molecule has 0 radical (unpaired) electrons. The average molecular weight is 402 g/mol. The van der Waals surface area contributed by atoms with E-state index in [1.807, 2.05) is 36.4 Å². The van der Waals surface area contributed by atoms with Gasteiger partial charge in [-0.3, -0.25) is 0 Å². The van der Waals surface area contributed by atoms with Crippen molar-refractivity contribution in [3.05, 3.63) is 84.4 Å². The molecule has 30 heavy (non-hydrogen) atoms. The Hall–Kier alpha value is -3.47. The first-order valence-corrected chi connectivity index (χ1v) is 10.1. The highest BCUT2D eigenvalue weighted by atomic mass is 16.5. The quantitative estimate of drug-likeness (QED) is 0.597. The molecule has 0 aromatic heterocycles. The molecule has 1 heterocycles. The maximum atomic E-state index is 5.35. The van der Waals surface area contributed by atoms with E-state index in [0.29, 0.717) is 0 Å². The molecule has 0 N–H and O–H groups in total. The van der Waals surface area contributed by atoms with E-state index in [9.17, 15) is 0 Å². The second-order valence-electron chi connectivity index (χ2n) is 7.40. The monoisotopic (exact) mass is 401 g/mol. The Labute approximate surface area is 178 Å². The number of likely N-dealkylation sites (N-methyl/N-ethyl adjacent to an activating group) is 1. The molecule has 1 aliphatic rings. The molecule has 1 atom stereocenters. The van der Waals surface area contributed by atoms with E-state index >= 15 is 0 Å². The van der Waals surface area contributed by atoms with Crippen LogP contribution in [0, 0.1) is 0 Å². The Balaban J connectivity index is 1.71. The van der Waals surface area contributed by atoms with Gasteiger partial charge in [-0.05, 0) is 60.5 Å². The van der Waals surface area contributed by atoms with E-state index in [0.717, 1.165) is 41.8 Å². The van der Waals surface area contributed by atoms with Crippen molar-refractivity contribution < 1.29 is 9.47 Å². The summed E-state index contributed by atoms with van der Waals surface area (Å²) in [5, 5.41) is 0. The number of nitrogens with zero attached hydrogens (tertiary/aromatic N) is 3. The van der Waals surface area contributed by atoms with Gasteiger partial charge in [0.05, 0.1) is 25.9 Å². The molecule has 0 amide bonds. The fourth-order valence-electron chi connectivity index (χ4n) is 3.85. The molecular formula is C25H27N3O2. The number of guanidine groups is 1. The van der Waals surface area contributed by atoms with Gasteiger partial charge in [-0.2, -0.15) is 0 Å². The highest BCUT2D eigenvalue weighted by Gasteiger charge is 2.34. The normalized spacial score (nSPS) is 17.4. The van der Waals surface area contributed by atoms with Crippen LogP contribution in [-0.2, 0) is 6.42 Å². The Kier molecular flexibility index (Phi) is 5.89. The molecule has 0 bridgehead atoms. The lowest BCUT2D eigenvalue weighted by atomic mass is 10.1. The minimum Gasteiger partial charge on any atom is -0.497 e. The van der Waals surface area contributed by atoms with Crippen LogP contribution in [0.15, 0.2) is 83.9 Å². The number of hydrogen-bond acceptors (Lipinski definition) is 3. The van der Waals surface area contributed by atoms with Crippen LogP contribution in [0.1, 0.15) is 5.56 Å². The van der Waals surface area contributed by atoms with Crippen LogP contribution in [0.4, 0.5) is 11.4 Å². The first-order chi connectivity index (χ1) is 14.7. The Morgan fingerprint density at radius 2 is 1.43 bits per heavy atom. The van der Waals surface area contributed by atoms with E-state index in [1.165, 1.54) is 5.56 Å². The van der Waals surface area contributed by atoms with E-state index in [4.69, 9.17) is 14.5 Å². The van der Waals surface area contributed by atoms with Crippen LogP contribution in [-0.4, -0.2) is 44.7 Å². The molecule has 1 saturated heterocycles. The van der Waals surface area contributed by atoms with Gasteiger partial charge in [0.2, 0.25) is 5.96 Å². The summed E-state index contributed by atoms with van der Waals surface area (Å²) in [7, 11) is 5.46. The number of rotatable bonds is 6. The van der Waals surface area contributed by atoms with Crippen molar-refractivity contribution >= 4 is 17.3 Å². The molecule has 5 heteroatoms. The number of methoxy groups -OCH3 is 2. The minimum atomic E-state index is 0.280. The molecule has 0 saturated carbocycles. The minimum absolute atomic E-state index is 0.280. The van der Waals surface area contributed by atoms with Crippen molar-refractivity contribution in [2.45, 2.75) is 12.5 Å². The maximum absolute atomic E-state index is 5.35. The Morgan fingerprint density at radius 1 is 0.833 bits per heavy atom. The summed E-state index contributed by atoms with van der Waals surface area (Å²) >= 11 is 0. The number of aliphatic imine (C=N–C) groups is 1. The molecule has 3 aromatic carbocycles. The Morgan fingerprint density at radius 3 is 2.03 bits per heavy atom. The number of benzene rings is 3. The molecule has 1 unspecified atom stereocenters. The fourth-order valence-corrected chi connectivity index (χ4v) is 3.85. The molecule has 1 aliphatic heterocycles. The van der Waals surface area contributed by atoms with Gasteiger partial charge in [-0.15, -0.1) is 0 Å². The van der Waals surface area contributed by atoms with Gasteiger partial charge in [0, 0.05) is 19.3 Å². The van der Waals surface area contributed by atoms with Crippen LogP contribution in [0.3, 0.4) is 0 Å². The lowest BCUT2D eigenvalue weighted by molar-refractivity contribution is 0.414.